The highest BCUT2D eigenvalue weighted by atomic mass is 16.8. The molecular weight excluding hydrogens is 766 g/mol. The zero-order valence-electron chi connectivity index (χ0n) is 33.3. The molecule has 0 spiro atoms. The highest BCUT2D eigenvalue weighted by molar-refractivity contribution is 5.94. The van der Waals surface area contributed by atoms with Gasteiger partial charge in [-0.1, -0.05) is 29.1 Å². The van der Waals surface area contributed by atoms with Gasteiger partial charge < -0.3 is 45.0 Å². The van der Waals surface area contributed by atoms with Crippen LogP contribution in [0.15, 0.2) is 60.7 Å². The Balaban J connectivity index is 1.19. The monoisotopic (exact) mass is 817 g/mol. The predicted octanol–water partition coefficient (Wildman–Crippen LogP) is 3.59. The number of ether oxygens (including phenoxy) is 5. The number of benzene rings is 3. The van der Waals surface area contributed by atoms with Crippen LogP contribution in [0, 0.1) is 0 Å². The second-order valence-corrected chi connectivity index (χ2v) is 13.5. The van der Waals surface area contributed by atoms with Gasteiger partial charge in [0.2, 0.25) is 23.6 Å². The van der Waals surface area contributed by atoms with Crippen LogP contribution in [0.2, 0.25) is 0 Å². The molecule has 3 aromatic carbocycles. The Morgan fingerprint density at radius 3 is 1.71 bits per heavy atom. The molecule has 18 heteroatoms. The van der Waals surface area contributed by atoms with Crippen molar-refractivity contribution in [3.05, 3.63) is 71.8 Å². The zero-order valence-corrected chi connectivity index (χ0v) is 33.3. The standard InChI is InChI=1S/C41H51N7O11/c1-54-21-23-56-19-17-42-37(49)9-5-11-39(51)44-28-13-15-30-31-16-14-29(45-40(52)12-6-10-38(50)43-18-20-57-24-22-55-2)26-33(31)34(32(30)25-28)27-58-41(53)59-48-36-8-4-3-7-35(36)46-47-48/h3-4,7-8,13-16,25-26,34H,5-6,9-12,17-24,27H2,1-2H3,(H,42,49)(H,43,50)(H,44,51)(H,45,52). The van der Waals surface area contributed by atoms with E-state index in [1.165, 1.54) is 0 Å². The third-order valence-corrected chi connectivity index (χ3v) is 9.18. The molecule has 316 valence electrons. The molecule has 1 aliphatic rings. The van der Waals surface area contributed by atoms with Crippen LogP contribution in [0.25, 0.3) is 22.2 Å². The minimum atomic E-state index is -1.00. The van der Waals surface area contributed by atoms with E-state index in [0.717, 1.165) is 27.1 Å². The van der Waals surface area contributed by atoms with Gasteiger partial charge in [0.15, 0.2) is 0 Å². The average molecular weight is 818 g/mol. The van der Waals surface area contributed by atoms with E-state index in [1.807, 2.05) is 24.3 Å². The Bertz CT molecular complexity index is 1940. The Morgan fingerprint density at radius 2 is 1.17 bits per heavy atom. The van der Waals surface area contributed by atoms with Crippen molar-refractivity contribution in [2.75, 3.05) is 84.2 Å². The van der Waals surface area contributed by atoms with Crippen LogP contribution in [-0.2, 0) is 42.9 Å². The Kier molecular flexibility index (Phi) is 17.6. The summed E-state index contributed by atoms with van der Waals surface area (Å²) in [6.07, 6.45) is 0.325. The van der Waals surface area contributed by atoms with E-state index >= 15 is 0 Å². The van der Waals surface area contributed by atoms with Gasteiger partial charge in [0.1, 0.15) is 17.6 Å². The molecule has 1 aliphatic carbocycles. The number of rotatable bonds is 25. The smallest absolute Gasteiger partial charge is 0.432 e. The molecule has 4 aromatic rings. The highest BCUT2D eigenvalue weighted by Crippen LogP contribution is 2.47. The number of fused-ring (bicyclic) bond motifs is 4. The molecule has 0 unspecified atom stereocenters. The van der Waals surface area contributed by atoms with Crippen molar-refractivity contribution in [2.45, 2.75) is 44.4 Å². The summed E-state index contributed by atoms with van der Waals surface area (Å²) in [6.45, 7) is 3.18. The number of carbonyl (C=O) groups excluding carboxylic acids is 5. The fraction of sp³-hybridized carbons (Fsp3) is 0.439. The van der Waals surface area contributed by atoms with Crippen LogP contribution in [-0.4, -0.2) is 118 Å². The van der Waals surface area contributed by atoms with E-state index in [2.05, 4.69) is 31.6 Å². The minimum absolute atomic E-state index is 0.127. The summed E-state index contributed by atoms with van der Waals surface area (Å²) in [5.74, 6) is -1.37. The molecule has 0 radical (unpaired) electrons. The quantitative estimate of drug-likeness (QED) is 0.0428. The lowest BCUT2D eigenvalue weighted by Gasteiger charge is -2.16. The molecule has 1 heterocycles. The number of amides is 4. The molecule has 0 aliphatic heterocycles. The van der Waals surface area contributed by atoms with Gasteiger partial charge in [0.25, 0.3) is 0 Å². The van der Waals surface area contributed by atoms with Crippen LogP contribution < -0.4 is 26.1 Å². The number of nitrogens with one attached hydrogen (secondary N) is 4. The summed E-state index contributed by atoms with van der Waals surface area (Å²) in [6, 6.07) is 17.9. The normalized spacial score (nSPS) is 11.8. The number of nitrogens with zero attached hydrogens (tertiary/aromatic N) is 3. The maximum atomic E-state index is 13.0. The Labute approximate surface area is 341 Å². The molecular formula is C41H51N7O11. The van der Waals surface area contributed by atoms with Crippen molar-refractivity contribution < 1.29 is 52.5 Å². The van der Waals surface area contributed by atoms with Gasteiger partial charge in [0.05, 0.1) is 39.6 Å². The number of methoxy groups -OCH3 is 2. The van der Waals surface area contributed by atoms with Crippen molar-refractivity contribution in [1.29, 1.82) is 0 Å². The second-order valence-electron chi connectivity index (χ2n) is 13.5. The van der Waals surface area contributed by atoms with Crippen molar-refractivity contribution in [1.82, 2.24) is 25.8 Å². The molecule has 0 fully saturated rings. The van der Waals surface area contributed by atoms with Crippen LogP contribution in [0.3, 0.4) is 0 Å². The van der Waals surface area contributed by atoms with Crippen molar-refractivity contribution >= 4 is 52.2 Å². The SMILES string of the molecule is COCCOCCNC(=O)CCCC(=O)Nc1ccc2c(c1)C(COC(=O)On1nnc3ccccc31)c1cc(NC(=O)CCCC(=O)NCCOCCOC)ccc1-2. The van der Waals surface area contributed by atoms with Crippen LogP contribution in [0.5, 0.6) is 0 Å². The second kappa shape index (κ2) is 23.5. The zero-order chi connectivity index (χ0) is 41.8. The van der Waals surface area contributed by atoms with E-state index in [9.17, 15) is 24.0 Å². The number of hydrogen-bond acceptors (Lipinski definition) is 13. The molecule has 59 heavy (non-hydrogen) atoms. The minimum Gasteiger partial charge on any atom is -0.432 e. The summed E-state index contributed by atoms with van der Waals surface area (Å²) in [5.41, 5.74) is 5.35. The molecule has 1 aromatic heterocycles. The lowest BCUT2D eigenvalue weighted by atomic mass is 9.97. The number of hydrogen-bond donors (Lipinski definition) is 4. The third kappa shape index (κ3) is 13.8. The Hall–Kier alpha value is -5.95. The molecule has 5 rings (SSSR count). The topological polar surface area (TPSA) is 220 Å². The van der Waals surface area contributed by atoms with Crippen molar-refractivity contribution in [3.8, 4) is 11.1 Å². The van der Waals surface area contributed by atoms with E-state index < -0.39 is 12.1 Å². The maximum absolute atomic E-state index is 13.0. The van der Waals surface area contributed by atoms with Crippen molar-refractivity contribution in [2.24, 2.45) is 0 Å². The van der Waals surface area contributed by atoms with Gasteiger partial charge >= 0.3 is 6.16 Å². The number of para-hydroxylation sites is 1. The third-order valence-electron chi connectivity index (χ3n) is 9.18. The number of carbonyl (C=O) groups is 5. The lowest BCUT2D eigenvalue weighted by molar-refractivity contribution is -0.123. The van der Waals surface area contributed by atoms with Gasteiger partial charge in [-0.05, 0) is 76.7 Å². The van der Waals surface area contributed by atoms with E-state index in [4.69, 9.17) is 28.5 Å². The number of anilines is 2. The summed E-state index contributed by atoms with van der Waals surface area (Å²) in [4.78, 5) is 69.5. The summed E-state index contributed by atoms with van der Waals surface area (Å²) >= 11 is 0. The van der Waals surface area contributed by atoms with Gasteiger partial charge in [0, 0.05) is 70.3 Å². The average Bonchev–Trinajstić information content (AvgIpc) is 3.77. The van der Waals surface area contributed by atoms with E-state index in [0.29, 0.717) is 88.0 Å². The van der Waals surface area contributed by atoms with E-state index in [-0.39, 0.29) is 55.9 Å². The summed E-state index contributed by atoms with van der Waals surface area (Å²) in [7, 11) is 3.17. The van der Waals surface area contributed by atoms with Gasteiger partial charge in [-0.3, -0.25) is 24.0 Å². The first kappa shape index (κ1) is 44.2. The number of aromatic nitrogens is 3. The predicted molar refractivity (Wildman–Crippen MR) is 216 cm³/mol. The first-order valence-corrected chi connectivity index (χ1v) is 19.5. The van der Waals surface area contributed by atoms with Crippen LogP contribution in [0.1, 0.15) is 55.6 Å². The molecule has 18 nitrogen and oxygen atoms in total. The van der Waals surface area contributed by atoms with E-state index in [1.54, 1.807) is 50.6 Å². The van der Waals surface area contributed by atoms with Crippen molar-refractivity contribution in [3.63, 3.8) is 0 Å². The van der Waals surface area contributed by atoms with Gasteiger partial charge in [-0.15, -0.1) is 5.10 Å². The molecule has 4 amide bonds. The lowest BCUT2D eigenvalue weighted by Crippen LogP contribution is -2.27. The largest absolute Gasteiger partial charge is 0.535 e. The first-order valence-electron chi connectivity index (χ1n) is 19.5. The maximum Gasteiger partial charge on any atom is 0.535 e. The molecule has 0 saturated heterocycles. The molecule has 4 N–H and O–H groups in total. The first-order chi connectivity index (χ1) is 28.7. The van der Waals surface area contributed by atoms with Gasteiger partial charge in [-0.25, -0.2) is 4.79 Å². The highest BCUT2D eigenvalue weighted by Gasteiger charge is 2.31. The fourth-order valence-corrected chi connectivity index (χ4v) is 6.32. The fourth-order valence-electron chi connectivity index (χ4n) is 6.32. The van der Waals surface area contributed by atoms with Gasteiger partial charge in [-0.2, -0.15) is 0 Å². The Morgan fingerprint density at radius 1 is 0.644 bits per heavy atom. The summed E-state index contributed by atoms with van der Waals surface area (Å²) in [5, 5.41) is 19.2. The van der Waals surface area contributed by atoms with Crippen LogP contribution in [0.4, 0.5) is 16.2 Å². The summed E-state index contributed by atoms with van der Waals surface area (Å²) < 4.78 is 26.2. The molecule has 0 atom stereocenters. The molecule has 0 saturated carbocycles. The molecule has 0 bridgehead atoms. The van der Waals surface area contributed by atoms with Crippen LogP contribution >= 0.6 is 0 Å².